The monoisotopic (exact) mass is 410 g/mol. The van der Waals surface area contributed by atoms with E-state index in [1.165, 1.54) is 57.8 Å². The molecule has 1 aromatic rings. The van der Waals surface area contributed by atoms with Gasteiger partial charge in [0.05, 0.1) is 0 Å². The zero-order valence-electron chi connectivity index (χ0n) is 18.6. The molecule has 0 amide bonds. The molecule has 1 aliphatic carbocycles. The summed E-state index contributed by atoms with van der Waals surface area (Å²) in [6.07, 6.45) is 20.9. The van der Waals surface area contributed by atoms with Gasteiger partial charge in [-0.25, -0.2) is 0 Å². The Bertz CT molecular complexity index is 742. The number of unbranched alkanes of at least 4 members (excludes halogenated alkanes) is 11. The fourth-order valence-corrected chi connectivity index (χ4v) is 4.02. The molecule has 0 heterocycles. The van der Waals surface area contributed by atoms with E-state index < -0.39 is 11.6 Å². The zero-order chi connectivity index (χ0) is 21.6. The minimum atomic E-state index is -0.540. The van der Waals surface area contributed by atoms with Crippen LogP contribution in [0.3, 0.4) is 0 Å². The normalized spacial score (nSPS) is 14.0. The van der Waals surface area contributed by atoms with E-state index >= 15 is 0 Å². The SMILES string of the molecule is CCCCCCCC/C=C\CCCCCCCC1=C(O)c2ccccc2C(=O)C1=O. The minimum Gasteiger partial charge on any atom is -0.507 e. The highest BCUT2D eigenvalue weighted by Crippen LogP contribution is 2.30. The van der Waals surface area contributed by atoms with Gasteiger partial charge < -0.3 is 5.11 Å². The van der Waals surface area contributed by atoms with Gasteiger partial charge in [0, 0.05) is 16.7 Å². The molecule has 0 saturated carbocycles. The van der Waals surface area contributed by atoms with Gasteiger partial charge >= 0.3 is 0 Å². The molecule has 3 nitrogen and oxygen atoms in total. The molecule has 0 spiro atoms. The van der Waals surface area contributed by atoms with Crippen LogP contribution in [-0.2, 0) is 4.79 Å². The van der Waals surface area contributed by atoms with Gasteiger partial charge in [0.25, 0.3) is 0 Å². The first-order chi connectivity index (χ1) is 14.7. The molecular formula is C27H38O3. The first-order valence-electron chi connectivity index (χ1n) is 11.9. The standard InChI is InChI=1S/C27H38O3/c1-2-3-4-5-6-7-8-9-10-11-12-13-14-15-16-21-24-25(28)22-19-17-18-20-23(22)26(29)27(24)30/h9-10,17-20,28H,2-8,11-16,21H2,1H3/b10-9-. The van der Waals surface area contributed by atoms with Gasteiger partial charge in [-0.1, -0.05) is 94.7 Å². The van der Waals surface area contributed by atoms with Crippen molar-refractivity contribution in [1.29, 1.82) is 0 Å². The van der Waals surface area contributed by atoms with Crippen molar-refractivity contribution in [2.45, 2.75) is 96.8 Å². The minimum absolute atomic E-state index is 0.00861. The van der Waals surface area contributed by atoms with E-state index in [1.54, 1.807) is 24.3 Å². The quantitative estimate of drug-likeness (QED) is 0.183. The molecule has 0 radical (unpaired) electrons. The predicted octanol–water partition coefficient (Wildman–Crippen LogP) is 7.76. The van der Waals surface area contributed by atoms with Crippen LogP contribution in [-0.4, -0.2) is 16.7 Å². The largest absolute Gasteiger partial charge is 0.507 e. The Kier molecular flexibility index (Phi) is 11.2. The third-order valence-corrected chi connectivity index (χ3v) is 5.88. The van der Waals surface area contributed by atoms with Gasteiger partial charge in [0.1, 0.15) is 5.76 Å². The van der Waals surface area contributed by atoms with E-state index in [0.29, 0.717) is 17.5 Å². The van der Waals surface area contributed by atoms with Gasteiger partial charge in [-0.05, 0) is 38.5 Å². The number of hydrogen-bond donors (Lipinski definition) is 1. The maximum Gasteiger partial charge on any atom is 0.234 e. The average Bonchev–Trinajstić information content (AvgIpc) is 2.77. The summed E-state index contributed by atoms with van der Waals surface area (Å²) in [6, 6.07) is 6.80. The van der Waals surface area contributed by atoms with E-state index in [-0.39, 0.29) is 11.3 Å². The first kappa shape index (κ1) is 24.1. The van der Waals surface area contributed by atoms with Crippen LogP contribution in [0.5, 0.6) is 0 Å². The maximum atomic E-state index is 12.3. The first-order valence-corrected chi connectivity index (χ1v) is 11.9. The van der Waals surface area contributed by atoms with Gasteiger partial charge in [0.15, 0.2) is 0 Å². The van der Waals surface area contributed by atoms with E-state index in [9.17, 15) is 14.7 Å². The Morgan fingerprint density at radius 3 is 1.87 bits per heavy atom. The molecule has 1 aliphatic rings. The lowest BCUT2D eigenvalue weighted by Gasteiger charge is -2.17. The summed E-state index contributed by atoms with van der Waals surface area (Å²) in [5.74, 6) is -1.04. The van der Waals surface area contributed by atoms with Crippen LogP contribution in [0.4, 0.5) is 0 Å². The molecule has 0 bridgehead atoms. The molecule has 30 heavy (non-hydrogen) atoms. The number of aliphatic hydroxyl groups excluding tert-OH is 1. The second-order valence-electron chi connectivity index (χ2n) is 8.37. The van der Waals surface area contributed by atoms with Gasteiger partial charge in [-0.3, -0.25) is 9.59 Å². The maximum absolute atomic E-state index is 12.3. The summed E-state index contributed by atoms with van der Waals surface area (Å²) in [5.41, 5.74) is 1.09. The van der Waals surface area contributed by atoms with Crippen molar-refractivity contribution >= 4 is 17.3 Å². The second-order valence-corrected chi connectivity index (χ2v) is 8.37. The Balaban J connectivity index is 1.55. The Morgan fingerprint density at radius 1 is 0.700 bits per heavy atom. The average molecular weight is 411 g/mol. The van der Waals surface area contributed by atoms with E-state index in [4.69, 9.17) is 0 Å². The molecule has 0 atom stereocenters. The number of fused-ring (bicyclic) bond motifs is 1. The van der Waals surface area contributed by atoms with Gasteiger partial charge in [-0.2, -0.15) is 0 Å². The lowest BCUT2D eigenvalue weighted by molar-refractivity contribution is -0.112. The number of allylic oxidation sites excluding steroid dienone is 3. The third kappa shape index (κ3) is 7.59. The summed E-state index contributed by atoms with van der Waals surface area (Å²) in [7, 11) is 0. The lowest BCUT2D eigenvalue weighted by Crippen LogP contribution is -2.24. The molecule has 0 aromatic heterocycles. The van der Waals surface area contributed by atoms with E-state index in [0.717, 1.165) is 25.7 Å². The summed E-state index contributed by atoms with van der Waals surface area (Å²) >= 11 is 0. The van der Waals surface area contributed by atoms with Crippen LogP contribution >= 0.6 is 0 Å². The fourth-order valence-electron chi connectivity index (χ4n) is 4.02. The number of rotatable bonds is 15. The van der Waals surface area contributed by atoms with Gasteiger partial charge in [0.2, 0.25) is 11.6 Å². The number of carbonyl (C=O) groups is 2. The van der Waals surface area contributed by atoms with Crippen molar-refractivity contribution in [2.24, 2.45) is 0 Å². The smallest absolute Gasteiger partial charge is 0.234 e. The molecule has 0 fully saturated rings. The van der Waals surface area contributed by atoms with Crippen molar-refractivity contribution in [3.63, 3.8) is 0 Å². The number of carbonyl (C=O) groups excluding carboxylic acids is 2. The van der Waals surface area contributed by atoms with Crippen LogP contribution in [0.15, 0.2) is 42.0 Å². The third-order valence-electron chi connectivity index (χ3n) is 5.88. The number of benzene rings is 1. The second kappa shape index (κ2) is 14.0. The van der Waals surface area contributed by atoms with Crippen LogP contribution < -0.4 is 0 Å². The molecule has 1 aromatic carbocycles. The molecule has 164 valence electrons. The Labute approximate surface area is 182 Å². The summed E-state index contributed by atoms with van der Waals surface area (Å²) < 4.78 is 0. The highest BCUT2D eigenvalue weighted by molar-refractivity contribution is 6.52. The van der Waals surface area contributed by atoms with Crippen molar-refractivity contribution in [2.75, 3.05) is 0 Å². The van der Waals surface area contributed by atoms with Gasteiger partial charge in [-0.15, -0.1) is 0 Å². The highest BCUT2D eigenvalue weighted by Gasteiger charge is 2.31. The van der Waals surface area contributed by atoms with Crippen LogP contribution in [0.2, 0.25) is 0 Å². The topological polar surface area (TPSA) is 54.4 Å². The highest BCUT2D eigenvalue weighted by atomic mass is 16.3. The van der Waals surface area contributed by atoms with Crippen LogP contribution in [0.1, 0.15) is 113 Å². The van der Waals surface area contributed by atoms with Crippen molar-refractivity contribution in [3.8, 4) is 0 Å². The van der Waals surface area contributed by atoms with Crippen molar-refractivity contribution in [3.05, 3.63) is 53.1 Å². The molecule has 3 heteroatoms. The number of Topliss-reactive ketones (excluding diaryl/α,β-unsaturated/α-hetero) is 2. The number of aliphatic hydroxyl groups is 1. The Morgan fingerprint density at radius 2 is 1.23 bits per heavy atom. The number of ketones is 2. The summed E-state index contributed by atoms with van der Waals surface area (Å²) in [6.45, 7) is 2.25. The molecule has 1 N–H and O–H groups in total. The van der Waals surface area contributed by atoms with E-state index in [1.807, 2.05) is 0 Å². The number of hydrogen-bond acceptors (Lipinski definition) is 3. The molecule has 0 aliphatic heterocycles. The molecular weight excluding hydrogens is 372 g/mol. The Hall–Kier alpha value is -2.16. The van der Waals surface area contributed by atoms with Crippen LogP contribution in [0, 0.1) is 0 Å². The summed E-state index contributed by atoms with van der Waals surface area (Å²) in [5, 5.41) is 10.4. The fraction of sp³-hybridized carbons (Fsp3) is 0.556. The zero-order valence-corrected chi connectivity index (χ0v) is 18.6. The lowest BCUT2D eigenvalue weighted by atomic mass is 9.86. The predicted molar refractivity (Wildman–Crippen MR) is 125 cm³/mol. The molecule has 2 rings (SSSR count). The summed E-state index contributed by atoms with van der Waals surface area (Å²) in [4.78, 5) is 24.5. The molecule has 0 unspecified atom stereocenters. The van der Waals surface area contributed by atoms with Crippen LogP contribution in [0.25, 0.3) is 5.76 Å². The molecule has 0 saturated heterocycles. The van der Waals surface area contributed by atoms with Crippen molar-refractivity contribution in [1.82, 2.24) is 0 Å². The van der Waals surface area contributed by atoms with E-state index in [2.05, 4.69) is 19.1 Å². The van der Waals surface area contributed by atoms with Crippen molar-refractivity contribution < 1.29 is 14.7 Å².